The molecule has 6 nitrogen and oxygen atoms in total. The van der Waals surface area contributed by atoms with Crippen molar-refractivity contribution < 1.29 is 14.3 Å². The lowest BCUT2D eigenvalue weighted by molar-refractivity contribution is -0.130. The van der Waals surface area contributed by atoms with Gasteiger partial charge < -0.3 is 15.0 Å². The van der Waals surface area contributed by atoms with Gasteiger partial charge >= 0.3 is 0 Å². The number of nitrogens with one attached hydrogen (secondary N) is 1. The highest BCUT2D eigenvalue weighted by Gasteiger charge is 2.33. The first-order valence-electron chi connectivity index (χ1n) is 6.42. The molecule has 1 fully saturated rings. The number of carbonyl (C=O) groups excluding carboxylic acids is 2. The number of amides is 2. The lowest BCUT2D eigenvalue weighted by Crippen LogP contribution is -2.55. The Morgan fingerprint density at radius 2 is 2.40 bits per heavy atom. The van der Waals surface area contributed by atoms with E-state index in [-0.39, 0.29) is 18.4 Å². The molecule has 0 saturated carbocycles. The lowest BCUT2D eigenvalue weighted by Gasteiger charge is -2.34. The second-order valence-corrected chi connectivity index (χ2v) is 5.08. The van der Waals surface area contributed by atoms with Crippen LogP contribution in [0.4, 0.5) is 0 Å². The Kier molecular flexibility index (Phi) is 5.08. The van der Waals surface area contributed by atoms with Gasteiger partial charge in [0.15, 0.2) is 0 Å². The van der Waals surface area contributed by atoms with Gasteiger partial charge in [0.05, 0.1) is 18.8 Å². The van der Waals surface area contributed by atoms with E-state index in [9.17, 15) is 9.59 Å². The van der Waals surface area contributed by atoms with Crippen molar-refractivity contribution in [2.24, 2.45) is 0 Å². The highest BCUT2D eigenvalue weighted by atomic mass is 79.9. The first-order valence-corrected chi connectivity index (χ1v) is 7.21. The van der Waals surface area contributed by atoms with Crippen LogP contribution >= 0.6 is 15.9 Å². The Labute approximate surface area is 125 Å². The zero-order valence-corrected chi connectivity index (χ0v) is 12.7. The molecule has 2 rings (SSSR count). The number of aromatic nitrogens is 1. The number of ether oxygens (including phenoxy) is 1. The summed E-state index contributed by atoms with van der Waals surface area (Å²) in [6.45, 7) is 3.40. The maximum absolute atomic E-state index is 12.6. The van der Waals surface area contributed by atoms with Gasteiger partial charge in [-0.05, 0) is 35.0 Å². The predicted molar refractivity (Wildman–Crippen MR) is 76.3 cm³/mol. The highest BCUT2D eigenvalue weighted by molar-refractivity contribution is 9.10. The third kappa shape index (κ3) is 3.16. The lowest BCUT2D eigenvalue weighted by atomic mass is 10.1. The maximum Gasteiger partial charge on any atom is 0.257 e. The van der Waals surface area contributed by atoms with Gasteiger partial charge in [0, 0.05) is 19.3 Å². The Hall–Kier alpha value is -1.47. The number of hydrogen-bond donors (Lipinski definition) is 1. The summed E-state index contributed by atoms with van der Waals surface area (Å²) in [4.78, 5) is 30.2. The molecule has 2 amide bonds. The van der Waals surface area contributed by atoms with Crippen LogP contribution in [0.3, 0.4) is 0 Å². The third-order valence-electron chi connectivity index (χ3n) is 3.03. The molecule has 1 saturated heterocycles. The summed E-state index contributed by atoms with van der Waals surface area (Å²) in [5.74, 6) is -0.412. The van der Waals surface area contributed by atoms with Crippen molar-refractivity contribution >= 4 is 27.7 Å². The monoisotopic (exact) mass is 341 g/mol. The molecule has 2 heterocycles. The van der Waals surface area contributed by atoms with Crippen molar-refractivity contribution in [2.75, 3.05) is 26.3 Å². The fraction of sp³-hybridized carbons (Fsp3) is 0.462. The van der Waals surface area contributed by atoms with Gasteiger partial charge in [-0.15, -0.1) is 0 Å². The predicted octanol–water partition coefficient (Wildman–Crippen LogP) is 0.821. The Morgan fingerprint density at radius 1 is 1.60 bits per heavy atom. The summed E-state index contributed by atoms with van der Waals surface area (Å²) in [5.41, 5.74) is 0.448. The number of carbonyl (C=O) groups is 2. The molecule has 20 heavy (non-hydrogen) atoms. The molecule has 0 spiro atoms. The van der Waals surface area contributed by atoms with E-state index in [1.165, 1.54) is 4.90 Å². The molecule has 108 valence electrons. The Balaban J connectivity index is 2.22. The first kappa shape index (κ1) is 14.9. The van der Waals surface area contributed by atoms with Crippen molar-refractivity contribution in [3.05, 3.63) is 28.5 Å². The van der Waals surface area contributed by atoms with Gasteiger partial charge in [0.2, 0.25) is 5.91 Å². The van der Waals surface area contributed by atoms with E-state index >= 15 is 0 Å². The first-order chi connectivity index (χ1) is 9.65. The number of hydrogen-bond acceptors (Lipinski definition) is 4. The van der Waals surface area contributed by atoms with Gasteiger partial charge in [0.1, 0.15) is 10.6 Å². The van der Waals surface area contributed by atoms with Crippen LogP contribution in [-0.2, 0) is 9.53 Å². The average Bonchev–Trinajstić information content (AvgIpc) is 2.47. The molecule has 1 aliphatic rings. The minimum Gasteiger partial charge on any atom is -0.377 e. The Morgan fingerprint density at radius 3 is 3.10 bits per heavy atom. The molecular weight excluding hydrogens is 326 g/mol. The van der Waals surface area contributed by atoms with E-state index < -0.39 is 6.04 Å². The van der Waals surface area contributed by atoms with Gasteiger partial charge in [-0.1, -0.05) is 0 Å². The van der Waals surface area contributed by atoms with E-state index in [4.69, 9.17) is 4.74 Å². The molecule has 1 unspecified atom stereocenters. The quantitative estimate of drug-likeness (QED) is 0.826. The fourth-order valence-corrected chi connectivity index (χ4v) is 2.48. The minimum absolute atomic E-state index is 0.194. The van der Waals surface area contributed by atoms with Gasteiger partial charge in [-0.2, -0.15) is 0 Å². The van der Waals surface area contributed by atoms with Crippen LogP contribution in [0.15, 0.2) is 22.9 Å². The zero-order valence-electron chi connectivity index (χ0n) is 11.1. The Bertz CT molecular complexity index is 509. The van der Waals surface area contributed by atoms with Crippen molar-refractivity contribution in [1.29, 1.82) is 0 Å². The number of rotatable bonds is 3. The largest absolute Gasteiger partial charge is 0.377 e. The van der Waals surface area contributed by atoms with Crippen LogP contribution in [-0.4, -0.2) is 54.0 Å². The smallest absolute Gasteiger partial charge is 0.257 e. The second-order valence-electron chi connectivity index (χ2n) is 4.33. The molecule has 0 radical (unpaired) electrons. The van der Waals surface area contributed by atoms with Gasteiger partial charge in [0.25, 0.3) is 5.91 Å². The summed E-state index contributed by atoms with van der Waals surface area (Å²) in [6.07, 6.45) is 1.60. The summed E-state index contributed by atoms with van der Waals surface area (Å²) in [6, 6.07) is 2.78. The van der Waals surface area contributed by atoms with E-state index in [1.807, 2.05) is 6.92 Å². The van der Waals surface area contributed by atoms with E-state index in [1.54, 1.807) is 18.3 Å². The average molecular weight is 342 g/mol. The van der Waals surface area contributed by atoms with Crippen LogP contribution in [0.2, 0.25) is 0 Å². The molecule has 1 aliphatic heterocycles. The molecule has 0 aromatic carbocycles. The molecule has 1 N–H and O–H groups in total. The summed E-state index contributed by atoms with van der Waals surface area (Å²) in [5, 5.41) is 2.73. The second kappa shape index (κ2) is 6.81. The van der Waals surface area contributed by atoms with Crippen LogP contribution in [0.1, 0.15) is 17.3 Å². The molecule has 1 aromatic heterocycles. The van der Waals surface area contributed by atoms with Crippen molar-refractivity contribution in [1.82, 2.24) is 15.2 Å². The summed E-state index contributed by atoms with van der Waals surface area (Å²) < 4.78 is 5.79. The normalized spacial score (nSPS) is 18.7. The summed E-state index contributed by atoms with van der Waals surface area (Å²) in [7, 11) is 0. The number of likely N-dealkylation sites (N-methyl/N-ethyl adjacent to an activating group) is 1. The minimum atomic E-state index is -0.594. The topological polar surface area (TPSA) is 71.5 Å². The summed E-state index contributed by atoms with van der Waals surface area (Å²) >= 11 is 3.26. The third-order valence-corrected chi connectivity index (χ3v) is 3.66. The standard InChI is InChI=1S/C13H16BrN3O3/c1-2-15-12(18)10-8-20-7-6-17(10)13(19)9-4-3-5-16-11(9)14/h3-5,10H,2,6-8H2,1H3,(H,15,18). The number of morpholine rings is 1. The molecule has 7 heteroatoms. The van der Waals surface area contributed by atoms with Crippen LogP contribution in [0.5, 0.6) is 0 Å². The van der Waals surface area contributed by atoms with Crippen molar-refractivity contribution in [2.45, 2.75) is 13.0 Å². The molecule has 0 aliphatic carbocycles. The van der Waals surface area contributed by atoms with Gasteiger partial charge in [-0.3, -0.25) is 9.59 Å². The van der Waals surface area contributed by atoms with Crippen LogP contribution in [0, 0.1) is 0 Å². The maximum atomic E-state index is 12.6. The van der Waals surface area contributed by atoms with E-state index in [2.05, 4.69) is 26.2 Å². The fourth-order valence-electron chi connectivity index (χ4n) is 2.06. The van der Waals surface area contributed by atoms with Gasteiger partial charge in [-0.25, -0.2) is 4.98 Å². The highest BCUT2D eigenvalue weighted by Crippen LogP contribution is 2.18. The van der Waals surface area contributed by atoms with Crippen LogP contribution in [0.25, 0.3) is 0 Å². The van der Waals surface area contributed by atoms with E-state index in [0.29, 0.717) is 29.9 Å². The van der Waals surface area contributed by atoms with Crippen molar-refractivity contribution in [3.63, 3.8) is 0 Å². The number of halogens is 1. The molecule has 1 atom stereocenters. The number of pyridine rings is 1. The number of nitrogens with zero attached hydrogens (tertiary/aromatic N) is 2. The molecular formula is C13H16BrN3O3. The van der Waals surface area contributed by atoms with Crippen molar-refractivity contribution in [3.8, 4) is 0 Å². The SMILES string of the molecule is CCNC(=O)C1COCCN1C(=O)c1cccnc1Br. The van der Waals surface area contributed by atoms with Crippen LogP contribution < -0.4 is 5.32 Å². The molecule has 0 bridgehead atoms. The zero-order chi connectivity index (χ0) is 14.5. The molecule has 1 aromatic rings. The van der Waals surface area contributed by atoms with E-state index in [0.717, 1.165) is 0 Å².